The van der Waals surface area contributed by atoms with Gasteiger partial charge in [0.15, 0.2) is 0 Å². The predicted octanol–water partition coefficient (Wildman–Crippen LogP) is 6.23. The second-order valence-electron chi connectivity index (χ2n) is 9.14. The van der Waals surface area contributed by atoms with Crippen LogP contribution in [0, 0.1) is 12.7 Å². The minimum absolute atomic E-state index is 0.0480. The van der Waals surface area contributed by atoms with Crippen molar-refractivity contribution in [3.05, 3.63) is 98.8 Å². The van der Waals surface area contributed by atoms with E-state index in [1.807, 2.05) is 0 Å². The van der Waals surface area contributed by atoms with Gasteiger partial charge in [0, 0.05) is 22.4 Å². The molecule has 37 heavy (non-hydrogen) atoms. The van der Waals surface area contributed by atoms with Crippen LogP contribution in [0.3, 0.4) is 0 Å². The summed E-state index contributed by atoms with van der Waals surface area (Å²) in [5.74, 6) is -2.13. The van der Waals surface area contributed by atoms with Crippen LogP contribution in [0.15, 0.2) is 60.7 Å². The van der Waals surface area contributed by atoms with Gasteiger partial charge in [0.1, 0.15) is 11.2 Å². The number of rotatable bonds is 3. The highest BCUT2D eigenvalue weighted by atomic mass is 35.5. The molecule has 3 amide bonds. The maximum atomic E-state index is 14.8. The van der Waals surface area contributed by atoms with E-state index < -0.39 is 35.2 Å². The van der Waals surface area contributed by atoms with Crippen LogP contribution in [-0.2, 0) is 19.7 Å². The normalized spacial score (nSPS) is 22.7. The zero-order valence-corrected chi connectivity index (χ0v) is 21.6. The minimum atomic E-state index is -1.52. The standard InChI is InChI=1S/C28H23Cl2FN2O4/c1-3-37-27(36)33-23-13-18(30)10-11-20(23)28(26(33)35)21(16-6-4-7-17(29)12-16)14-24(34)32-25(28)19-8-5-9-22(31)15(19)2/h4-13,21,25H,3,14H2,1-2H3,(H,32,34)/t21-,25+,28-/m0/s1. The highest BCUT2D eigenvalue weighted by Gasteiger charge is 2.65. The van der Waals surface area contributed by atoms with Gasteiger partial charge >= 0.3 is 6.09 Å². The highest BCUT2D eigenvalue weighted by Crippen LogP contribution is 2.59. The van der Waals surface area contributed by atoms with Gasteiger partial charge in [0.05, 0.1) is 18.3 Å². The van der Waals surface area contributed by atoms with Gasteiger partial charge in [-0.05, 0) is 66.4 Å². The number of fused-ring (bicyclic) bond motifs is 2. The lowest BCUT2D eigenvalue weighted by atomic mass is 9.59. The van der Waals surface area contributed by atoms with Crippen LogP contribution in [-0.4, -0.2) is 24.5 Å². The molecule has 3 aromatic carbocycles. The summed E-state index contributed by atoms with van der Waals surface area (Å²) in [6.07, 6.45) is -0.917. The number of carbonyl (C=O) groups is 3. The summed E-state index contributed by atoms with van der Waals surface area (Å²) >= 11 is 12.7. The van der Waals surface area contributed by atoms with Gasteiger partial charge in [0.25, 0.3) is 0 Å². The monoisotopic (exact) mass is 540 g/mol. The summed E-state index contributed by atoms with van der Waals surface area (Å²) in [7, 11) is 0. The van der Waals surface area contributed by atoms with Crippen molar-refractivity contribution in [3.8, 4) is 0 Å². The Bertz CT molecular complexity index is 1450. The molecule has 3 aromatic rings. The van der Waals surface area contributed by atoms with Crippen LogP contribution in [0.2, 0.25) is 10.0 Å². The maximum absolute atomic E-state index is 14.8. The fourth-order valence-corrected chi connectivity index (χ4v) is 6.04. The summed E-state index contributed by atoms with van der Waals surface area (Å²) < 4.78 is 20.1. The third-order valence-corrected chi connectivity index (χ3v) is 7.70. The summed E-state index contributed by atoms with van der Waals surface area (Å²) in [6, 6.07) is 15.3. The van der Waals surface area contributed by atoms with E-state index in [9.17, 15) is 18.8 Å². The van der Waals surface area contributed by atoms with Gasteiger partial charge in [-0.2, -0.15) is 0 Å². The van der Waals surface area contributed by atoms with Crippen molar-refractivity contribution in [1.82, 2.24) is 5.32 Å². The number of ether oxygens (including phenoxy) is 1. The van der Waals surface area contributed by atoms with Crippen molar-refractivity contribution in [2.75, 3.05) is 11.5 Å². The van der Waals surface area contributed by atoms with Crippen molar-refractivity contribution in [1.29, 1.82) is 0 Å². The molecular formula is C28H23Cl2FN2O4. The molecule has 2 heterocycles. The Morgan fingerprint density at radius 2 is 1.84 bits per heavy atom. The first-order valence-electron chi connectivity index (χ1n) is 11.8. The first-order chi connectivity index (χ1) is 17.7. The van der Waals surface area contributed by atoms with Gasteiger partial charge in [-0.25, -0.2) is 14.1 Å². The smallest absolute Gasteiger partial charge is 0.421 e. The molecule has 0 aromatic heterocycles. The summed E-state index contributed by atoms with van der Waals surface area (Å²) in [6.45, 7) is 3.28. The molecule has 190 valence electrons. The maximum Gasteiger partial charge on any atom is 0.421 e. The summed E-state index contributed by atoms with van der Waals surface area (Å²) in [5.41, 5.74) is 0.578. The molecule has 3 atom stereocenters. The topological polar surface area (TPSA) is 75.7 Å². The predicted molar refractivity (Wildman–Crippen MR) is 138 cm³/mol. The van der Waals surface area contributed by atoms with Crippen molar-refractivity contribution in [2.24, 2.45) is 0 Å². The second-order valence-corrected chi connectivity index (χ2v) is 10.0. The largest absolute Gasteiger partial charge is 0.449 e. The summed E-state index contributed by atoms with van der Waals surface area (Å²) in [5, 5.41) is 3.70. The van der Waals surface area contributed by atoms with E-state index in [0.717, 1.165) is 4.90 Å². The third kappa shape index (κ3) is 3.88. The number of hydrogen-bond acceptors (Lipinski definition) is 4. The molecule has 2 aliphatic heterocycles. The Labute approximate surface area is 223 Å². The molecule has 6 nitrogen and oxygen atoms in total. The van der Waals surface area contributed by atoms with Crippen molar-refractivity contribution < 1.29 is 23.5 Å². The third-order valence-electron chi connectivity index (χ3n) is 7.23. The summed E-state index contributed by atoms with van der Waals surface area (Å²) in [4.78, 5) is 41.9. The van der Waals surface area contributed by atoms with Gasteiger partial charge in [-0.15, -0.1) is 0 Å². The number of amides is 3. The second kappa shape index (κ2) is 9.47. The zero-order valence-electron chi connectivity index (χ0n) is 20.1. The molecule has 1 saturated heterocycles. The average molecular weight is 541 g/mol. The minimum Gasteiger partial charge on any atom is -0.449 e. The van der Waals surface area contributed by atoms with Gasteiger partial charge < -0.3 is 10.1 Å². The Morgan fingerprint density at radius 1 is 1.11 bits per heavy atom. The molecule has 0 saturated carbocycles. The van der Waals surface area contributed by atoms with E-state index in [-0.39, 0.29) is 30.2 Å². The number of nitrogens with one attached hydrogen (secondary N) is 1. The molecule has 9 heteroatoms. The van der Waals surface area contributed by atoms with Gasteiger partial charge in [0.2, 0.25) is 11.8 Å². The van der Waals surface area contributed by atoms with E-state index in [0.29, 0.717) is 26.7 Å². The van der Waals surface area contributed by atoms with Crippen LogP contribution >= 0.6 is 23.2 Å². The lowest BCUT2D eigenvalue weighted by Gasteiger charge is -2.47. The quantitative estimate of drug-likeness (QED) is 0.427. The molecule has 1 spiro atoms. The van der Waals surface area contributed by atoms with Crippen molar-refractivity contribution >= 4 is 46.8 Å². The number of carbonyl (C=O) groups excluding carboxylic acids is 3. The fraction of sp³-hybridized carbons (Fsp3) is 0.250. The molecule has 1 fully saturated rings. The molecule has 0 aliphatic carbocycles. The molecule has 0 radical (unpaired) electrons. The Kier molecular flexibility index (Phi) is 6.46. The number of imide groups is 1. The average Bonchev–Trinajstić information content (AvgIpc) is 3.10. The Morgan fingerprint density at radius 3 is 2.57 bits per heavy atom. The van der Waals surface area contributed by atoms with E-state index >= 15 is 0 Å². The van der Waals surface area contributed by atoms with Crippen LogP contribution < -0.4 is 10.2 Å². The lowest BCUT2D eigenvalue weighted by molar-refractivity contribution is -0.132. The number of benzene rings is 3. The number of nitrogens with zero attached hydrogens (tertiary/aromatic N) is 1. The zero-order chi connectivity index (χ0) is 26.5. The molecule has 0 unspecified atom stereocenters. The van der Waals surface area contributed by atoms with E-state index in [2.05, 4.69) is 5.32 Å². The molecular weight excluding hydrogens is 518 g/mol. The van der Waals surface area contributed by atoms with E-state index in [1.54, 1.807) is 56.3 Å². The SMILES string of the molecule is CCOC(=O)N1C(=O)[C@]2(c3ccc(Cl)cc31)[C@@H](c1cccc(F)c1C)NC(=O)C[C@H]2c1cccc(Cl)c1. The Hall–Kier alpha value is -3.42. The molecule has 1 N–H and O–H groups in total. The van der Waals surface area contributed by atoms with E-state index in [4.69, 9.17) is 27.9 Å². The first kappa shape index (κ1) is 25.2. The van der Waals surface area contributed by atoms with Crippen LogP contribution in [0.1, 0.15) is 47.6 Å². The number of piperidine rings is 1. The van der Waals surface area contributed by atoms with Crippen LogP contribution in [0.4, 0.5) is 14.9 Å². The van der Waals surface area contributed by atoms with Crippen molar-refractivity contribution in [3.63, 3.8) is 0 Å². The fourth-order valence-electron chi connectivity index (χ4n) is 5.68. The lowest BCUT2D eigenvalue weighted by Crippen LogP contribution is -2.59. The number of hydrogen-bond donors (Lipinski definition) is 1. The Balaban J connectivity index is 1.87. The molecule has 2 aliphatic rings. The van der Waals surface area contributed by atoms with Gasteiger partial charge in [-0.3, -0.25) is 9.59 Å². The molecule has 5 rings (SSSR count). The van der Waals surface area contributed by atoms with Crippen molar-refractivity contribution in [2.45, 2.75) is 37.6 Å². The van der Waals surface area contributed by atoms with Gasteiger partial charge in [-0.1, -0.05) is 53.5 Å². The number of anilines is 1. The van der Waals surface area contributed by atoms with Crippen LogP contribution in [0.5, 0.6) is 0 Å². The number of halogens is 3. The van der Waals surface area contributed by atoms with Crippen LogP contribution in [0.25, 0.3) is 0 Å². The van der Waals surface area contributed by atoms with E-state index in [1.165, 1.54) is 18.2 Å². The first-order valence-corrected chi connectivity index (χ1v) is 12.6. The molecule has 0 bridgehead atoms. The highest BCUT2D eigenvalue weighted by molar-refractivity contribution is 6.32.